The van der Waals surface area contributed by atoms with Crippen LogP contribution in [0.25, 0.3) is 0 Å². The van der Waals surface area contributed by atoms with Crippen LogP contribution in [0.5, 0.6) is 0 Å². The summed E-state index contributed by atoms with van der Waals surface area (Å²) in [5, 5.41) is 3.26. The summed E-state index contributed by atoms with van der Waals surface area (Å²) in [5.74, 6) is 0.422. The number of anilines is 1. The third-order valence-electron chi connectivity index (χ3n) is 3.15. The largest absolute Gasteiger partial charge is 0.373 e. The summed E-state index contributed by atoms with van der Waals surface area (Å²) in [7, 11) is 3.50. The summed E-state index contributed by atoms with van der Waals surface area (Å²) in [5.41, 5.74) is 2.51. The second kappa shape index (κ2) is 6.59. The Hall–Kier alpha value is -2.07. The Morgan fingerprint density at radius 1 is 1.33 bits per heavy atom. The van der Waals surface area contributed by atoms with Crippen LogP contribution in [0.3, 0.4) is 0 Å². The van der Waals surface area contributed by atoms with E-state index in [0.717, 1.165) is 5.56 Å². The van der Waals surface area contributed by atoms with Gasteiger partial charge >= 0.3 is 0 Å². The highest BCUT2D eigenvalue weighted by Crippen LogP contribution is 2.19. The number of nitrogens with zero attached hydrogens (tertiary/aromatic N) is 2. The molecule has 110 valence electrons. The molecule has 1 heterocycles. The highest BCUT2D eigenvalue weighted by atomic mass is 35.5. The van der Waals surface area contributed by atoms with Crippen LogP contribution in [0.15, 0.2) is 36.4 Å². The van der Waals surface area contributed by atoms with E-state index in [1.165, 1.54) is 5.56 Å². The summed E-state index contributed by atoms with van der Waals surface area (Å²) < 4.78 is 0. The summed E-state index contributed by atoms with van der Waals surface area (Å²) in [6.45, 7) is 2.54. The smallest absolute Gasteiger partial charge is 0.274 e. The minimum Gasteiger partial charge on any atom is -0.373 e. The van der Waals surface area contributed by atoms with Crippen molar-refractivity contribution in [2.75, 3.05) is 19.4 Å². The van der Waals surface area contributed by atoms with Crippen molar-refractivity contribution in [1.82, 2.24) is 9.88 Å². The number of benzene rings is 1. The second-order valence-corrected chi connectivity index (χ2v) is 5.33. The molecule has 1 N–H and O–H groups in total. The van der Waals surface area contributed by atoms with E-state index in [1.807, 2.05) is 25.1 Å². The predicted octanol–water partition coefficient (Wildman–Crippen LogP) is 3.36. The van der Waals surface area contributed by atoms with Crippen LogP contribution in [0.2, 0.25) is 5.02 Å². The van der Waals surface area contributed by atoms with E-state index in [1.54, 1.807) is 31.1 Å². The molecule has 0 saturated heterocycles. The van der Waals surface area contributed by atoms with E-state index in [9.17, 15) is 4.79 Å². The van der Waals surface area contributed by atoms with Gasteiger partial charge in [0.1, 0.15) is 11.5 Å². The molecule has 2 aromatic rings. The molecule has 4 nitrogen and oxygen atoms in total. The third-order valence-corrected chi connectivity index (χ3v) is 3.46. The van der Waals surface area contributed by atoms with Crippen molar-refractivity contribution in [2.24, 2.45) is 0 Å². The number of carbonyl (C=O) groups is 1. The lowest BCUT2D eigenvalue weighted by molar-refractivity contribution is 0.0779. The van der Waals surface area contributed by atoms with E-state index in [0.29, 0.717) is 17.4 Å². The van der Waals surface area contributed by atoms with Crippen LogP contribution in [-0.2, 0) is 6.54 Å². The first kappa shape index (κ1) is 15.3. The first-order chi connectivity index (χ1) is 10.0. The van der Waals surface area contributed by atoms with E-state index in [2.05, 4.69) is 16.4 Å². The number of aromatic nitrogens is 1. The quantitative estimate of drug-likeness (QED) is 0.942. The predicted molar refractivity (Wildman–Crippen MR) is 85.8 cm³/mol. The van der Waals surface area contributed by atoms with Crippen LogP contribution in [0.1, 0.15) is 21.6 Å². The van der Waals surface area contributed by atoms with Gasteiger partial charge in [0.15, 0.2) is 0 Å². The van der Waals surface area contributed by atoms with E-state index in [-0.39, 0.29) is 11.6 Å². The molecule has 2 rings (SSSR count). The lowest BCUT2D eigenvalue weighted by Crippen LogP contribution is -2.27. The topological polar surface area (TPSA) is 45.2 Å². The SMILES string of the molecule is CNc1ccc(Cl)c(C(=O)N(C)Cc2cccc(C)c2)n1. The molecule has 0 aliphatic heterocycles. The summed E-state index contributed by atoms with van der Waals surface area (Å²) in [4.78, 5) is 18.3. The van der Waals surface area contributed by atoms with Crippen molar-refractivity contribution in [3.8, 4) is 0 Å². The molecule has 0 aliphatic carbocycles. The molecule has 0 fully saturated rings. The molecule has 0 aliphatic rings. The zero-order valence-electron chi connectivity index (χ0n) is 12.4. The summed E-state index contributed by atoms with van der Waals surface area (Å²) in [6.07, 6.45) is 0. The number of aryl methyl sites for hydroxylation is 1. The maximum Gasteiger partial charge on any atom is 0.274 e. The number of carbonyl (C=O) groups excluding carboxylic acids is 1. The minimum atomic E-state index is -0.196. The van der Waals surface area contributed by atoms with Gasteiger partial charge in [-0.3, -0.25) is 4.79 Å². The van der Waals surface area contributed by atoms with Crippen molar-refractivity contribution in [1.29, 1.82) is 0 Å². The number of pyridine rings is 1. The van der Waals surface area contributed by atoms with Gasteiger partial charge in [-0.25, -0.2) is 4.98 Å². The Morgan fingerprint density at radius 2 is 2.10 bits per heavy atom. The van der Waals surface area contributed by atoms with Crippen LogP contribution < -0.4 is 5.32 Å². The molecule has 0 radical (unpaired) electrons. The number of hydrogen-bond donors (Lipinski definition) is 1. The van der Waals surface area contributed by atoms with Gasteiger partial charge in [0.05, 0.1) is 5.02 Å². The van der Waals surface area contributed by atoms with Crippen molar-refractivity contribution >= 4 is 23.3 Å². The van der Waals surface area contributed by atoms with E-state index < -0.39 is 0 Å². The fraction of sp³-hybridized carbons (Fsp3) is 0.250. The standard InChI is InChI=1S/C16H18ClN3O/c1-11-5-4-6-12(9-11)10-20(3)16(21)15-13(17)7-8-14(18-2)19-15/h4-9H,10H2,1-3H3,(H,18,19). The normalized spacial score (nSPS) is 10.3. The number of amides is 1. The number of rotatable bonds is 4. The van der Waals surface area contributed by atoms with Gasteiger partial charge in [-0.05, 0) is 24.6 Å². The summed E-state index contributed by atoms with van der Waals surface area (Å²) >= 11 is 6.08. The van der Waals surface area contributed by atoms with Gasteiger partial charge in [0, 0.05) is 20.6 Å². The van der Waals surface area contributed by atoms with Gasteiger partial charge in [-0.15, -0.1) is 0 Å². The van der Waals surface area contributed by atoms with Gasteiger partial charge in [-0.2, -0.15) is 0 Å². The monoisotopic (exact) mass is 303 g/mol. The van der Waals surface area contributed by atoms with Crippen molar-refractivity contribution in [3.05, 3.63) is 58.2 Å². The van der Waals surface area contributed by atoms with Gasteiger partial charge in [-0.1, -0.05) is 41.4 Å². The number of nitrogens with one attached hydrogen (secondary N) is 1. The average molecular weight is 304 g/mol. The zero-order valence-corrected chi connectivity index (χ0v) is 13.1. The van der Waals surface area contributed by atoms with Crippen molar-refractivity contribution in [2.45, 2.75) is 13.5 Å². The molecule has 1 amide bonds. The van der Waals surface area contributed by atoms with E-state index >= 15 is 0 Å². The van der Waals surface area contributed by atoms with Gasteiger partial charge in [0.2, 0.25) is 0 Å². The molecular formula is C16H18ClN3O. The fourth-order valence-corrected chi connectivity index (χ4v) is 2.25. The van der Waals surface area contributed by atoms with Gasteiger partial charge in [0.25, 0.3) is 5.91 Å². The Balaban J connectivity index is 2.19. The van der Waals surface area contributed by atoms with Gasteiger partial charge < -0.3 is 10.2 Å². The van der Waals surface area contributed by atoms with E-state index in [4.69, 9.17) is 11.6 Å². The summed E-state index contributed by atoms with van der Waals surface area (Å²) in [6, 6.07) is 11.5. The first-order valence-corrected chi connectivity index (χ1v) is 7.04. The Bertz CT molecular complexity index is 658. The molecular weight excluding hydrogens is 286 g/mol. The Kier molecular flexibility index (Phi) is 4.81. The van der Waals surface area contributed by atoms with Crippen LogP contribution >= 0.6 is 11.6 Å². The number of hydrogen-bond acceptors (Lipinski definition) is 3. The third kappa shape index (κ3) is 3.73. The molecule has 1 aromatic carbocycles. The Labute approximate surface area is 129 Å². The highest BCUT2D eigenvalue weighted by Gasteiger charge is 2.17. The van der Waals surface area contributed by atoms with Crippen LogP contribution in [0, 0.1) is 6.92 Å². The molecule has 0 saturated carbocycles. The second-order valence-electron chi connectivity index (χ2n) is 4.93. The Morgan fingerprint density at radius 3 is 2.76 bits per heavy atom. The zero-order chi connectivity index (χ0) is 15.4. The molecule has 21 heavy (non-hydrogen) atoms. The fourth-order valence-electron chi connectivity index (χ4n) is 2.07. The molecule has 5 heteroatoms. The average Bonchev–Trinajstić information content (AvgIpc) is 2.47. The number of halogens is 1. The maximum absolute atomic E-state index is 12.5. The maximum atomic E-state index is 12.5. The molecule has 0 atom stereocenters. The van der Waals surface area contributed by atoms with Crippen LogP contribution in [-0.4, -0.2) is 29.9 Å². The first-order valence-electron chi connectivity index (χ1n) is 6.66. The lowest BCUT2D eigenvalue weighted by Gasteiger charge is -2.18. The molecule has 1 aromatic heterocycles. The van der Waals surface area contributed by atoms with Crippen LogP contribution in [0.4, 0.5) is 5.82 Å². The highest BCUT2D eigenvalue weighted by molar-refractivity contribution is 6.33. The van der Waals surface area contributed by atoms with Crippen molar-refractivity contribution < 1.29 is 4.79 Å². The van der Waals surface area contributed by atoms with Crippen molar-refractivity contribution in [3.63, 3.8) is 0 Å². The molecule has 0 unspecified atom stereocenters. The molecule has 0 bridgehead atoms. The minimum absolute atomic E-state index is 0.196. The lowest BCUT2D eigenvalue weighted by atomic mass is 10.1. The molecule has 0 spiro atoms.